The van der Waals surface area contributed by atoms with E-state index in [2.05, 4.69) is 9.88 Å². The van der Waals surface area contributed by atoms with Crippen LogP contribution in [-0.4, -0.2) is 66.1 Å². The van der Waals surface area contributed by atoms with Crippen LogP contribution in [0.1, 0.15) is 23.3 Å². The lowest BCUT2D eigenvalue weighted by Crippen LogP contribution is -2.50. The maximum atomic E-state index is 13.3. The molecule has 1 amide bonds. The fraction of sp³-hybridized carbons (Fsp3) is 0.500. The summed E-state index contributed by atoms with van der Waals surface area (Å²) in [6.07, 6.45) is 2.66. The molecule has 0 bridgehead atoms. The van der Waals surface area contributed by atoms with Crippen molar-refractivity contribution in [3.8, 4) is 0 Å². The molecule has 4 rings (SSSR count). The lowest BCUT2D eigenvalue weighted by atomic mass is 10.2. The van der Waals surface area contributed by atoms with Gasteiger partial charge in [0, 0.05) is 50.2 Å². The quantitative estimate of drug-likeness (QED) is 0.938. The molecule has 24 heavy (non-hydrogen) atoms. The van der Waals surface area contributed by atoms with Gasteiger partial charge in [0.2, 0.25) is 0 Å². The minimum Gasteiger partial charge on any atom is -0.377 e. The van der Waals surface area contributed by atoms with Gasteiger partial charge in [-0.05, 0) is 37.1 Å². The third-order valence-corrected chi connectivity index (χ3v) is 4.96. The lowest BCUT2D eigenvalue weighted by Gasteiger charge is -2.35. The molecule has 6 heteroatoms. The van der Waals surface area contributed by atoms with Gasteiger partial charge in [0.15, 0.2) is 0 Å². The number of nitrogens with one attached hydrogen (secondary N) is 1. The Balaban J connectivity index is 1.38. The highest BCUT2D eigenvalue weighted by atomic mass is 19.1. The van der Waals surface area contributed by atoms with Crippen LogP contribution in [0.4, 0.5) is 4.39 Å². The number of aromatic amines is 1. The summed E-state index contributed by atoms with van der Waals surface area (Å²) in [4.78, 5) is 20.0. The van der Waals surface area contributed by atoms with Crippen molar-refractivity contribution in [3.63, 3.8) is 0 Å². The van der Waals surface area contributed by atoms with Crippen LogP contribution in [0.3, 0.4) is 0 Å². The Morgan fingerprint density at radius 3 is 2.83 bits per heavy atom. The molecule has 1 unspecified atom stereocenters. The van der Waals surface area contributed by atoms with Gasteiger partial charge in [-0.25, -0.2) is 4.39 Å². The number of carbonyl (C=O) groups is 1. The molecule has 2 aliphatic heterocycles. The second-order valence-electron chi connectivity index (χ2n) is 6.64. The molecule has 2 aliphatic rings. The van der Waals surface area contributed by atoms with Crippen molar-refractivity contribution in [1.82, 2.24) is 14.8 Å². The summed E-state index contributed by atoms with van der Waals surface area (Å²) in [5.41, 5.74) is 1.32. The second-order valence-corrected chi connectivity index (χ2v) is 6.64. The highest BCUT2D eigenvalue weighted by Gasteiger charge is 2.26. The number of rotatable bonds is 3. The molecule has 1 aromatic carbocycles. The first-order valence-electron chi connectivity index (χ1n) is 8.60. The molecule has 2 aromatic rings. The third-order valence-electron chi connectivity index (χ3n) is 4.96. The molecule has 0 aliphatic carbocycles. The van der Waals surface area contributed by atoms with Crippen LogP contribution in [0.15, 0.2) is 24.3 Å². The van der Waals surface area contributed by atoms with Crippen molar-refractivity contribution >= 4 is 16.8 Å². The van der Waals surface area contributed by atoms with E-state index >= 15 is 0 Å². The number of hydrogen-bond acceptors (Lipinski definition) is 3. The number of aromatic nitrogens is 1. The van der Waals surface area contributed by atoms with Crippen molar-refractivity contribution in [2.24, 2.45) is 0 Å². The van der Waals surface area contributed by atoms with E-state index in [1.54, 1.807) is 12.1 Å². The van der Waals surface area contributed by atoms with Crippen LogP contribution >= 0.6 is 0 Å². The maximum absolute atomic E-state index is 13.3. The molecule has 2 saturated heterocycles. The number of nitrogens with zero attached hydrogens (tertiary/aromatic N) is 2. The Labute approximate surface area is 140 Å². The van der Waals surface area contributed by atoms with Gasteiger partial charge in [-0.15, -0.1) is 0 Å². The Bertz CT molecular complexity index is 731. The summed E-state index contributed by atoms with van der Waals surface area (Å²) >= 11 is 0. The monoisotopic (exact) mass is 331 g/mol. The molecule has 0 radical (unpaired) electrons. The fourth-order valence-corrected chi connectivity index (χ4v) is 3.60. The average Bonchev–Trinajstić information content (AvgIpc) is 3.24. The van der Waals surface area contributed by atoms with E-state index in [1.807, 2.05) is 4.90 Å². The molecular formula is C18H22FN3O2. The van der Waals surface area contributed by atoms with E-state index in [0.29, 0.717) is 11.8 Å². The van der Waals surface area contributed by atoms with Gasteiger partial charge in [-0.2, -0.15) is 0 Å². The summed E-state index contributed by atoms with van der Waals surface area (Å²) in [7, 11) is 0. The first kappa shape index (κ1) is 15.6. The first-order chi connectivity index (χ1) is 11.7. The SMILES string of the molecule is O=C(c1cc2cc(F)ccc2[nH]1)N1CCN(CC2CCCO2)CC1. The first-order valence-corrected chi connectivity index (χ1v) is 8.60. The molecule has 5 nitrogen and oxygen atoms in total. The second kappa shape index (κ2) is 6.53. The van der Waals surface area contributed by atoms with Crippen molar-refractivity contribution in [2.75, 3.05) is 39.3 Å². The van der Waals surface area contributed by atoms with Crippen LogP contribution in [0, 0.1) is 5.82 Å². The zero-order valence-corrected chi connectivity index (χ0v) is 13.6. The van der Waals surface area contributed by atoms with Gasteiger partial charge in [0.05, 0.1) is 6.10 Å². The molecule has 128 valence electrons. The van der Waals surface area contributed by atoms with Gasteiger partial charge in [-0.3, -0.25) is 9.69 Å². The molecule has 0 saturated carbocycles. The summed E-state index contributed by atoms with van der Waals surface area (Å²) < 4.78 is 19.0. The molecule has 0 spiro atoms. The molecular weight excluding hydrogens is 309 g/mol. The van der Waals surface area contributed by atoms with Crippen molar-refractivity contribution in [3.05, 3.63) is 35.8 Å². The van der Waals surface area contributed by atoms with Crippen LogP contribution in [0.25, 0.3) is 10.9 Å². The number of H-pyrrole nitrogens is 1. The number of hydrogen-bond donors (Lipinski definition) is 1. The van der Waals surface area contributed by atoms with Crippen LogP contribution < -0.4 is 0 Å². The predicted octanol–water partition coefficient (Wildman–Crippen LogP) is 2.24. The zero-order chi connectivity index (χ0) is 16.5. The topological polar surface area (TPSA) is 48.6 Å². The number of piperazine rings is 1. The molecule has 3 heterocycles. The van der Waals surface area contributed by atoms with E-state index in [-0.39, 0.29) is 11.7 Å². The fourth-order valence-electron chi connectivity index (χ4n) is 3.60. The van der Waals surface area contributed by atoms with Gasteiger partial charge in [0.1, 0.15) is 11.5 Å². The average molecular weight is 331 g/mol. The number of ether oxygens (including phenoxy) is 1. The minimum atomic E-state index is -0.289. The summed E-state index contributed by atoms with van der Waals surface area (Å²) in [6, 6.07) is 6.25. The summed E-state index contributed by atoms with van der Waals surface area (Å²) in [5, 5.41) is 0.732. The Morgan fingerprint density at radius 1 is 1.25 bits per heavy atom. The van der Waals surface area contributed by atoms with E-state index in [9.17, 15) is 9.18 Å². The summed E-state index contributed by atoms with van der Waals surface area (Å²) in [5.74, 6) is -0.299. The van der Waals surface area contributed by atoms with Crippen LogP contribution in [-0.2, 0) is 4.74 Å². The Morgan fingerprint density at radius 2 is 2.08 bits per heavy atom. The van der Waals surface area contributed by atoms with Crippen molar-refractivity contribution in [2.45, 2.75) is 18.9 Å². The summed E-state index contributed by atoms with van der Waals surface area (Å²) in [6.45, 7) is 5.03. The van der Waals surface area contributed by atoms with Gasteiger partial charge >= 0.3 is 0 Å². The van der Waals surface area contributed by atoms with E-state index in [4.69, 9.17) is 4.74 Å². The standard InChI is InChI=1S/C18H22FN3O2/c19-14-3-4-16-13(10-14)11-17(20-16)18(23)22-7-5-21(6-8-22)12-15-2-1-9-24-15/h3-4,10-11,15,20H,1-2,5-9,12H2. The van der Waals surface area contributed by atoms with E-state index < -0.39 is 0 Å². The number of amides is 1. The number of halogens is 1. The lowest BCUT2D eigenvalue weighted by molar-refractivity contribution is 0.0430. The number of benzene rings is 1. The number of carbonyl (C=O) groups excluding carboxylic acids is 1. The van der Waals surface area contributed by atoms with Crippen LogP contribution in [0.5, 0.6) is 0 Å². The minimum absolute atomic E-state index is 0.0108. The highest BCUT2D eigenvalue weighted by molar-refractivity contribution is 5.98. The third kappa shape index (κ3) is 3.16. The number of fused-ring (bicyclic) bond motifs is 1. The van der Waals surface area contributed by atoms with E-state index in [0.717, 1.165) is 63.1 Å². The largest absolute Gasteiger partial charge is 0.377 e. The normalized spacial score (nSPS) is 22.4. The van der Waals surface area contributed by atoms with Gasteiger partial charge in [0.25, 0.3) is 5.91 Å². The highest BCUT2D eigenvalue weighted by Crippen LogP contribution is 2.19. The van der Waals surface area contributed by atoms with Gasteiger partial charge in [-0.1, -0.05) is 0 Å². The molecule has 2 fully saturated rings. The van der Waals surface area contributed by atoms with Crippen LogP contribution in [0.2, 0.25) is 0 Å². The smallest absolute Gasteiger partial charge is 0.270 e. The van der Waals surface area contributed by atoms with Crippen molar-refractivity contribution in [1.29, 1.82) is 0 Å². The van der Waals surface area contributed by atoms with Gasteiger partial charge < -0.3 is 14.6 Å². The molecule has 1 N–H and O–H groups in total. The Kier molecular flexibility index (Phi) is 4.24. The maximum Gasteiger partial charge on any atom is 0.270 e. The van der Waals surface area contributed by atoms with Crippen molar-refractivity contribution < 1.29 is 13.9 Å². The van der Waals surface area contributed by atoms with E-state index in [1.165, 1.54) is 12.1 Å². The zero-order valence-electron chi connectivity index (χ0n) is 13.6. The predicted molar refractivity (Wildman–Crippen MR) is 89.6 cm³/mol. The molecule has 1 aromatic heterocycles. The molecule has 1 atom stereocenters. The Hall–Kier alpha value is -1.92.